The predicted octanol–water partition coefficient (Wildman–Crippen LogP) is 0.963. The maximum atomic E-state index is 5.99. The summed E-state index contributed by atoms with van der Waals surface area (Å²) in [5, 5.41) is 3.87. The first-order chi connectivity index (χ1) is 8.15. The van der Waals surface area contributed by atoms with Crippen LogP contribution >= 0.6 is 0 Å². The molecule has 5 nitrogen and oxygen atoms in total. The number of hydrogen-bond acceptors (Lipinski definition) is 4. The van der Waals surface area contributed by atoms with E-state index in [1.807, 2.05) is 0 Å². The minimum absolute atomic E-state index is 0.0473. The number of nitrogens with zero attached hydrogens (tertiary/aromatic N) is 3. The minimum atomic E-state index is -0.354. The first kappa shape index (κ1) is 12.7. The average Bonchev–Trinajstić information content (AvgIpc) is 2.70. The standard InChI is InChI=1S/C12H22N3O2/c1-10(2)15-6-4-12(5-7-15)16-9-11(17-12)8-14-13-3/h10-11H,3-9H2,1-2H3/q+1/t11-/m0/s1. The van der Waals surface area contributed by atoms with Gasteiger partial charge >= 0.3 is 0 Å². The molecular weight excluding hydrogens is 218 g/mol. The van der Waals surface area contributed by atoms with Crippen LogP contribution in [0, 0.1) is 0 Å². The Balaban J connectivity index is 1.85. The lowest BCUT2D eigenvalue weighted by atomic mass is 10.0. The molecule has 0 aromatic carbocycles. The van der Waals surface area contributed by atoms with Crippen molar-refractivity contribution >= 4 is 6.72 Å². The molecule has 0 amide bonds. The zero-order valence-electron chi connectivity index (χ0n) is 10.8. The third-order valence-corrected chi connectivity index (χ3v) is 3.59. The lowest BCUT2D eigenvalue weighted by Gasteiger charge is -2.39. The monoisotopic (exact) mass is 240 g/mol. The van der Waals surface area contributed by atoms with Gasteiger partial charge < -0.3 is 14.4 Å². The second-order valence-corrected chi connectivity index (χ2v) is 5.06. The van der Waals surface area contributed by atoms with Crippen LogP contribution in [0.4, 0.5) is 0 Å². The van der Waals surface area contributed by atoms with E-state index in [2.05, 4.69) is 35.4 Å². The SMILES string of the molecule is C=[N+]=NC[C@H]1COC2(CCN(C(C)C)CC2)O1. The Bertz CT molecular complexity index is 305. The van der Waals surface area contributed by atoms with Gasteiger partial charge in [0.05, 0.1) is 11.7 Å². The highest BCUT2D eigenvalue weighted by Crippen LogP contribution is 2.34. The molecule has 0 aromatic heterocycles. The van der Waals surface area contributed by atoms with E-state index in [1.165, 1.54) is 0 Å². The third-order valence-electron chi connectivity index (χ3n) is 3.59. The lowest BCUT2D eigenvalue weighted by molar-refractivity contribution is -0.197. The molecule has 0 bridgehead atoms. The molecule has 0 saturated carbocycles. The number of likely N-dealkylation sites (tertiary alicyclic amines) is 1. The van der Waals surface area contributed by atoms with Gasteiger partial charge in [-0.2, -0.15) is 0 Å². The molecule has 2 heterocycles. The molecule has 0 aromatic rings. The van der Waals surface area contributed by atoms with Crippen molar-refractivity contribution in [2.45, 2.75) is 44.6 Å². The Morgan fingerprint density at radius 2 is 2.18 bits per heavy atom. The Labute approximate surface area is 103 Å². The highest BCUT2D eigenvalue weighted by atomic mass is 16.7. The van der Waals surface area contributed by atoms with E-state index in [0.717, 1.165) is 25.9 Å². The number of rotatable bonds is 3. The van der Waals surface area contributed by atoms with Crippen LogP contribution in [0.1, 0.15) is 26.7 Å². The largest absolute Gasteiger partial charge is 0.347 e. The van der Waals surface area contributed by atoms with Crippen molar-refractivity contribution in [3.05, 3.63) is 0 Å². The summed E-state index contributed by atoms with van der Waals surface area (Å²) >= 11 is 0. The maximum absolute atomic E-state index is 5.99. The number of ether oxygens (including phenoxy) is 2. The molecule has 17 heavy (non-hydrogen) atoms. The van der Waals surface area contributed by atoms with Gasteiger partial charge in [-0.3, -0.25) is 0 Å². The van der Waals surface area contributed by atoms with Gasteiger partial charge in [0.25, 0.3) is 6.72 Å². The topological polar surface area (TPSA) is 48.2 Å². The van der Waals surface area contributed by atoms with Gasteiger partial charge in [0.1, 0.15) is 12.6 Å². The molecule has 0 radical (unpaired) electrons. The summed E-state index contributed by atoms with van der Waals surface area (Å²) in [7, 11) is 0. The summed E-state index contributed by atoms with van der Waals surface area (Å²) in [4.78, 5) is 5.96. The quantitative estimate of drug-likeness (QED) is 0.419. The molecule has 2 rings (SSSR count). The Morgan fingerprint density at radius 3 is 2.76 bits per heavy atom. The smallest absolute Gasteiger partial charge is 0.295 e. The molecule has 0 N–H and O–H groups in total. The van der Waals surface area contributed by atoms with E-state index in [4.69, 9.17) is 9.47 Å². The van der Waals surface area contributed by atoms with Gasteiger partial charge in [0.15, 0.2) is 5.79 Å². The van der Waals surface area contributed by atoms with Crippen molar-refractivity contribution in [2.24, 2.45) is 5.11 Å². The second kappa shape index (κ2) is 5.27. The maximum Gasteiger partial charge on any atom is 0.295 e. The van der Waals surface area contributed by atoms with Crippen molar-refractivity contribution in [1.82, 2.24) is 4.90 Å². The number of piperidine rings is 1. The Morgan fingerprint density at radius 1 is 1.47 bits per heavy atom. The third kappa shape index (κ3) is 2.93. The van der Waals surface area contributed by atoms with Gasteiger partial charge in [-0.1, -0.05) is 0 Å². The lowest BCUT2D eigenvalue weighted by Crippen LogP contribution is -2.47. The molecule has 0 unspecified atom stereocenters. The van der Waals surface area contributed by atoms with Crippen molar-refractivity contribution in [2.75, 3.05) is 26.2 Å². The van der Waals surface area contributed by atoms with E-state index in [0.29, 0.717) is 19.2 Å². The van der Waals surface area contributed by atoms with Crippen LogP contribution < -0.4 is 0 Å². The molecule has 2 saturated heterocycles. The summed E-state index contributed by atoms with van der Waals surface area (Å²) in [6.07, 6.45) is 1.94. The molecule has 5 heteroatoms. The molecule has 1 spiro atoms. The molecule has 2 fully saturated rings. The van der Waals surface area contributed by atoms with Crippen LogP contribution in [0.2, 0.25) is 0 Å². The predicted molar refractivity (Wildman–Crippen MR) is 64.2 cm³/mol. The average molecular weight is 240 g/mol. The van der Waals surface area contributed by atoms with E-state index in [1.54, 1.807) is 0 Å². The summed E-state index contributed by atoms with van der Waals surface area (Å²) in [5.74, 6) is -0.354. The molecule has 2 aliphatic rings. The van der Waals surface area contributed by atoms with Gasteiger partial charge in [0.2, 0.25) is 0 Å². The van der Waals surface area contributed by atoms with E-state index < -0.39 is 0 Å². The first-order valence-electron chi connectivity index (χ1n) is 6.33. The molecule has 96 valence electrons. The van der Waals surface area contributed by atoms with E-state index in [-0.39, 0.29) is 11.9 Å². The van der Waals surface area contributed by atoms with Crippen LogP contribution in [-0.2, 0) is 9.47 Å². The fourth-order valence-corrected chi connectivity index (χ4v) is 2.50. The zero-order valence-corrected chi connectivity index (χ0v) is 10.8. The summed E-state index contributed by atoms with van der Waals surface area (Å²) < 4.78 is 11.8. The van der Waals surface area contributed by atoms with E-state index >= 15 is 0 Å². The van der Waals surface area contributed by atoms with Crippen LogP contribution in [-0.4, -0.2) is 60.6 Å². The van der Waals surface area contributed by atoms with Crippen LogP contribution in [0.25, 0.3) is 0 Å². The summed E-state index contributed by atoms with van der Waals surface area (Å²) in [5.41, 5.74) is 0. The minimum Gasteiger partial charge on any atom is -0.347 e. The van der Waals surface area contributed by atoms with Crippen LogP contribution in [0.5, 0.6) is 0 Å². The Kier molecular flexibility index (Phi) is 3.94. The molecule has 2 aliphatic heterocycles. The number of hydrogen-bond donors (Lipinski definition) is 0. The van der Waals surface area contributed by atoms with Crippen molar-refractivity contribution in [3.63, 3.8) is 0 Å². The summed E-state index contributed by atoms with van der Waals surface area (Å²) in [6, 6.07) is 0.601. The Hall–Kier alpha value is -0.740. The molecule has 1 atom stereocenters. The van der Waals surface area contributed by atoms with Crippen molar-refractivity contribution in [1.29, 1.82) is 0 Å². The van der Waals surface area contributed by atoms with Crippen LogP contribution in [0.15, 0.2) is 5.11 Å². The zero-order chi connectivity index (χ0) is 12.3. The molecular formula is C12H22N3O2+. The van der Waals surface area contributed by atoms with Crippen LogP contribution in [0.3, 0.4) is 0 Å². The fraction of sp³-hybridized carbons (Fsp3) is 0.917. The van der Waals surface area contributed by atoms with E-state index in [9.17, 15) is 0 Å². The van der Waals surface area contributed by atoms with Crippen molar-refractivity contribution < 1.29 is 14.3 Å². The highest BCUT2D eigenvalue weighted by molar-refractivity contribution is 5.12. The molecule has 0 aliphatic carbocycles. The van der Waals surface area contributed by atoms with Gasteiger partial charge in [-0.25, -0.2) is 0 Å². The highest BCUT2D eigenvalue weighted by Gasteiger charge is 2.44. The summed E-state index contributed by atoms with van der Waals surface area (Å²) in [6.45, 7) is 11.1. The fourth-order valence-electron chi connectivity index (χ4n) is 2.50. The van der Waals surface area contributed by atoms with Gasteiger partial charge in [-0.15, -0.1) is 0 Å². The van der Waals surface area contributed by atoms with Gasteiger partial charge in [-0.05, 0) is 13.8 Å². The second-order valence-electron chi connectivity index (χ2n) is 5.06. The van der Waals surface area contributed by atoms with Gasteiger partial charge in [0, 0.05) is 36.8 Å². The first-order valence-corrected chi connectivity index (χ1v) is 6.33. The van der Waals surface area contributed by atoms with Crippen molar-refractivity contribution in [3.8, 4) is 0 Å². The normalized spacial score (nSPS) is 28.5.